The first-order chi connectivity index (χ1) is 13.8. The topological polar surface area (TPSA) is 157 Å². The lowest BCUT2D eigenvalue weighted by atomic mass is 9.80. The van der Waals surface area contributed by atoms with E-state index < -0.39 is 33.5 Å². The standard InChI is InChI=1S/C18H15N5O6/c1-10-15(11-2-6-13(7-3-11)22(26)27)16(18(25)21-20-10)17(24)19-12-4-8-14(9-5-12)23(28)29/h2-9,15-16H,1H3,(H,19,24)(H,21,25). The maximum absolute atomic E-state index is 12.8. The molecule has 0 aliphatic carbocycles. The van der Waals surface area contributed by atoms with E-state index in [1.165, 1.54) is 48.5 Å². The fraction of sp³-hybridized carbons (Fsp3) is 0.167. The van der Waals surface area contributed by atoms with Crippen molar-refractivity contribution in [3.8, 4) is 0 Å². The molecule has 0 saturated heterocycles. The number of hydrogen-bond donors (Lipinski definition) is 2. The Balaban J connectivity index is 1.88. The largest absolute Gasteiger partial charge is 0.325 e. The monoisotopic (exact) mass is 397 g/mol. The van der Waals surface area contributed by atoms with Gasteiger partial charge in [-0.15, -0.1) is 0 Å². The van der Waals surface area contributed by atoms with Gasteiger partial charge in [0.1, 0.15) is 5.92 Å². The van der Waals surface area contributed by atoms with E-state index in [4.69, 9.17) is 0 Å². The number of nitrogens with one attached hydrogen (secondary N) is 2. The van der Waals surface area contributed by atoms with E-state index in [9.17, 15) is 29.8 Å². The van der Waals surface area contributed by atoms with Crippen molar-refractivity contribution in [3.05, 3.63) is 74.3 Å². The van der Waals surface area contributed by atoms with Crippen LogP contribution in [-0.4, -0.2) is 27.4 Å². The van der Waals surface area contributed by atoms with Crippen LogP contribution >= 0.6 is 0 Å². The van der Waals surface area contributed by atoms with Crippen molar-refractivity contribution in [2.75, 3.05) is 5.32 Å². The molecule has 0 fully saturated rings. The lowest BCUT2D eigenvalue weighted by Crippen LogP contribution is -2.46. The first kappa shape index (κ1) is 19.6. The summed E-state index contributed by atoms with van der Waals surface area (Å²) in [5.74, 6) is -3.15. The predicted molar refractivity (Wildman–Crippen MR) is 102 cm³/mol. The molecule has 148 valence electrons. The smallest absolute Gasteiger partial charge is 0.269 e. The Labute approximate surface area is 163 Å². The van der Waals surface area contributed by atoms with Gasteiger partial charge in [-0.05, 0) is 24.6 Å². The van der Waals surface area contributed by atoms with Gasteiger partial charge in [-0.2, -0.15) is 5.10 Å². The van der Waals surface area contributed by atoms with Crippen LogP contribution < -0.4 is 10.7 Å². The summed E-state index contributed by atoms with van der Waals surface area (Å²) in [7, 11) is 0. The van der Waals surface area contributed by atoms with Gasteiger partial charge in [0.25, 0.3) is 17.3 Å². The number of nitrogens with zero attached hydrogens (tertiary/aromatic N) is 3. The number of nitro benzene ring substituents is 2. The average Bonchev–Trinajstić information content (AvgIpc) is 2.69. The summed E-state index contributed by atoms with van der Waals surface area (Å²) in [5.41, 5.74) is 3.32. The van der Waals surface area contributed by atoms with Gasteiger partial charge in [0.2, 0.25) is 5.91 Å². The predicted octanol–water partition coefficient (Wildman–Crippen LogP) is 2.35. The Morgan fingerprint density at radius 3 is 2.03 bits per heavy atom. The molecule has 11 nitrogen and oxygen atoms in total. The number of carbonyl (C=O) groups is 2. The van der Waals surface area contributed by atoms with E-state index in [0.29, 0.717) is 11.3 Å². The lowest BCUT2D eigenvalue weighted by molar-refractivity contribution is -0.385. The maximum atomic E-state index is 12.8. The molecule has 0 spiro atoms. The van der Waals surface area contributed by atoms with Crippen LogP contribution in [0.25, 0.3) is 0 Å². The molecule has 2 atom stereocenters. The number of hydrogen-bond acceptors (Lipinski definition) is 7. The third-order valence-corrected chi connectivity index (χ3v) is 4.50. The molecule has 2 amide bonds. The van der Waals surface area contributed by atoms with Gasteiger partial charge in [-0.1, -0.05) is 12.1 Å². The van der Waals surface area contributed by atoms with E-state index in [0.717, 1.165) is 0 Å². The quantitative estimate of drug-likeness (QED) is 0.448. The summed E-state index contributed by atoms with van der Waals surface area (Å²) >= 11 is 0. The van der Waals surface area contributed by atoms with Crippen molar-refractivity contribution in [1.82, 2.24) is 5.43 Å². The van der Waals surface area contributed by atoms with Gasteiger partial charge in [-0.25, -0.2) is 5.43 Å². The van der Waals surface area contributed by atoms with Crippen LogP contribution in [0.4, 0.5) is 17.1 Å². The van der Waals surface area contributed by atoms with Crippen molar-refractivity contribution < 1.29 is 19.4 Å². The first-order valence-corrected chi connectivity index (χ1v) is 8.41. The zero-order chi connectivity index (χ0) is 21.1. The summed E-state index contributed by atoms with van der Waals surface area (Å²) in [6, 6.07) is 10.7. The summed E-state index contributed by atoms with van der Waals surface area (Å²) < 4.78 is 0. The van der Waals surface area contributed by atoms with Crippen molar-refractivity contribution >= 4 is 34.6 Å². The van der Waals surface area contributed by atoms with Crippen LogP contribution in [0.5, 0.6) is 0 Å². The minimum atomic E-state index is -1.18. The molecular weight excluding hydrogens is 382 g/mol. The fourth-order valence-electron chi connectivity index (χ4n) is 3.07. The molecule has 0 radical (unpaired) electrons. The van der Waals surface area contributed by atoms with E-state index in [1.807, 2.05) is 0 Å². The molecule has 0 aromatic heterocycles. The highest BCUT2D eigenvalue weighted by Crippen LogP contribution is 2.31. The molecule has 0 bridgehead atoms. The Morgan fingerprint density at radius 1 is 1.00 bits per heavy atom. The second kappa shape index (κ2) is 7.84. The fourth-order valence-corrected chi connectivity index (χ4v) is 3.07. The van der Waals surface area contributed by atoms with Crippen molar-refractivity contribution in [2.24, 2.45) is 11.0 Å². The van der Waals surface area contributed by atoms with Crippen molar-refractivity contribution in [1.29, 1.82) is 0 Å². The zero-order valence-corrected chi connectivity index (χ0v) is 15.1. The number of amides is 2. The number of rotatable bonds is 5. The zero-order valence-electron chi connectivity index (χ0n) is 15.1. The Bertz CT molecular complexity index is 1020. The average molecular weight is 397 g/mol. The minimum absolute atomic E-state index is 0.115. The number of carbonyl (C=O) groups excluding carboxylic acids is 2. The molecule has 0 saturated carbocycles. The van der Waals surface area contributed by atoms with Gasteiger partial charge >= 0.3 is 0 Å². The van der Waals surface area contributed by atoms with E-state index in [-0.39, 0.29) is 17.1 Å². The summed E-state index contributed by atoms with van der Waals surface area (Å²) in [6.45, 7) is 1.64. The van der Waals surface area contributed by atoms with Gasteiger partial charge in [0.05, 0.1) is 9.85 Å². The van der Waals surface area contributed by atoms with E-state index in [2.05, 4.69) is 15.8 Å². The van der Waals surface area contributed by atoms with Crippen LogP contribution in [-0.2, 0) is 9.59 Å². The summed E-state index contributed by atoms with van der Waals surface area (Å²) in [6.07, 6.45) is 0. The summed E-state index contributed by atoms with van der Waals surface area (Å²) in [4.78, 5) is 45.7. The Kier molecular flexibility index (Phi) is 5.30. The molecule has 2 aromatic rings. The molecule has 1 heterocycles. The van der Waals surface area contributed by atoms with E-state index >= 15 is 0 Å². The molecular formula is C18H15N5O6. The van der Waals surface area contributed by atoms with Crippen LogP contribution in [0.2, 0.25) is 0 Å². The SMILES string of the molecule is CC1=NNC(=O)C(C(=O)Nc2ccc([N+](=O)[O-])cc2)C1c1ccc([N+](=O)[O-])cc1. The highest BCUT2D eigenvalue weighted by molar-refractivity contribution is 6.13. The Hall–Kier alpha value is -4.15. The molecule has 1 aliphatic heterocycles. The third-order valence-electron chi connectivity index (χ3n) is 4.50. The van der Waals surface area contributed by atoms with E-state index in [1.54, 1.807) is 6.92 Å². The molecule has 29 heavy (non-hydrogen) atoms. The molecule has 2 aromatic carbocycles. The van der Waals surface area contributed by atoms with Crippen LogP contribution in [0.3, 0.4) is 0 Å². The highest BCUT2D eigenvalue weighted by Gasteiger charge is 2.40. The number of anilines is 1. The number of non-ortho nitro benzene ring substituents is 2. The molecule has 11 heteroatoms. The van der Waals surface area contributed by atoms with Crippen LogP contribution in [0.1, 0.15) is 18.4 Å². The molecule has 1 aliphatic rings. The molecule has 2 N–H and O–H groups in total. The van der Waals surface area contributed by atoms with Crippen molar-refractivity contribution in [2.45, 2.75) is 12.8 Å². The van der Waals surface area contributed by atoms with Crippen LogP contribution in [0.15, 0.2) is 53.6 Å². The van der Waals surface area contributed by atoms with Crippen LogP contribution in [0, 0.1) is 26.1 Å². The van der Waals surface area contributed by atoms with Gasteiger partial charge in [-0.3, -0.25) is 29.8 Å². The maximum Gasteiger partial charge on any atom is 0.269 e. The number of nitro groups is 2. The van der Waals surface area contributed by atoms with Gasteiger partial charge in [0.15, 0.2) is 0 Å². The molecule has 2 unspecified atom stereocenters. The van der Waals surface area contributed by atoms with Crippen molar-refractivity contribution in [3.63, 3.8) is 0 Å². The molecule has 3 rings (SSSR count). The number of benzene rings is 2. The minimum Gasteiger partial charge on any atom is -0.325 e. The van der Waals surface area contributed by atoms with Gasteiger partial charge < -0.3 is 5.32 Å². The summed E-state index contributed by atoms with van der Waals surface area (Å²) in [5, 5.41) is 28.1. The Morgan fingerprint density at radius 2 is 1.52 bits per heavy atom. The van der Waals surface area contributed by atoms with Gasteiger partial charge in [0, 0.05) is 41.6 Å². The first-order valence-electron chi connectivity index (χ1n) is 8.41. The number of hydrazone groups is 1. The second-order valence-corrected chi connectivity index (χ2v) is 6.33. The highest BCUT2D eigenvalue weighted by atomic mass is 16.6. The normalized spacial score (nSPS) is 18.4. The lowest BCUT2D eigenvalue weighted by Gasteiger charge is -2.28. The third kappa shape index (κ3) is 4.08. The second-order valence-electron chi connectivity index (χ2n) is 6.33.